The molecule has 0 saturated carbocycles. The lowest BCUT2D eigenvalue weighted by atomic mass is 10.1. The number of rotatable bonds is 4. The lowest BCUT2D eigenvalue weighted by Crippen LogP contribution is -2.13. The molecule has 4 aromatic rings. The second-order valence-electron chi connectivity index (χ2n) is 5.78. The highest BCUT2D eigenvalue weighted by atomic mass is 35.5. The van der Waals surface area contributed by atoms with E-state index in [0.717, 1.165) is 27.8 Å². The number of hydrogen-bond acceptors (Lipinski definition) is 4. The molecule has 2 aromatic heterocycles. The Bertz CT molecular complexity index is 1080. The number of para-hydroxylation sites is 1. The average Bonchev–Trinajstić information content (AvgIpc) is 3.10. The summed E-state index contributed by atoms with van der Waals surface area (Å²) >= 11 is 7.36. The number of amides is 1. The molecule has 128 valence electrons. The molecule has 0 bridgehead atoms. The zero-order chi connectivity index (χ0) is 17.9. The molecule has 0 aliphatic carbocycles. The van der Waals surface area contributed by atoms with Crippen LogP contribution in [0.15, 0.2) is 66.9 Å². The summed E-state index contributed by atoms with van der Waals surface area (Å²) in [4.78, 5) is 22.2. The van der Waals surface area contributed by atoms with Crippen molar-refractivity contribution in [1.29, 1.82) is 0 Å². The largest absolute Gasteiger partial charge is 0.296 e. The van der Waals surface area contributed by atoms with Crippen LogP contribution in [0, 0.1) is 0 Å². The zero-order valence-electron chi connectivity index (χ0n) is 13.6. The van der Waals surface area contributed by atoms with Crippen molar-refractivity contribution in [3.63, 3.8) is 0 Å². The Morgan fingerprint density at radius 3 is 2.69 bits per heavy atom. The van der Waals surface area contributed by atoms with Crippen molar-refractivity contribution in [1.82, 2.24) is 9.97 Å². The summed E-state index contributed by atoms with van der Waals surface area (Å²) in [5.41, 5.74) is 2.31. The second kappa shape index (κ2) is 7.23. The van der Waals surface area contributed by atoms with Gasteiger partial charge in [-0.3, -0.25) is 10.1 Å². The molecule has 0 spiro atoms. The molecule has 0 atom stereocenters. The lowest BCUT2D eigenvalue weighted by molar-refractivity contribution is 0.102. The van der Waals surface area contributed by atoms with Crippen LogP contribution in [0.4, 0.5) is 5.13 Å². The number of carbonyl (C=O) groups excluding carboxylic acids is 1. The molecule has 0 radical (unpaired) electrons. The first kappa shape index (κ1) is 16.7. The second-order valence-corrected chi connectivity index (χ2v) is 7.33. The third-order valence-corrected chi connectivity index (χ3v) is 5.06. The van der Waals surface area contributed by atoms with Gasteiger partial charge in [0.05, 0.1) is 5.52 Å². The van der Waals surface area contributed by atoms with Crippen LogP contribution >= 0.6 is 22.9 Å². The maximum atomic E-state index is 12.4. The number of thiazole rings is 1. The van der Waals surface area contributed by atoms with Gasteiger partial charge in [0.25, 0.3) is 5.91 Å². The van der Waals surface area contributed by atoms with Crippen molar-refractivity contribution in [3.8, 4) is 0 Å². The van der Waals surface area contributed by atoms with E-state index in [0.29, 0.717) is 15.8 Å². The molecular formula is C20H14ClN3OS. The minimum absolute atomic E-state index is 0.261. The van der Waals surface area contributed by atoms with Crippen molar-refractivity contribution in [2.24, 2.45) is 0 Å². The maximum absolute atomic E-state index is 12.4. The van der Waals surface area contributed by atoms with Gasteiger partial charge in [0.2, 0.25) is 0 Å². The monoisotopic (exact) mass is 379 g/mol. The van der Waals surface area contributed by atoms with Crippen LogP contribution < -0.4 is 5.32 Å². The molecule has 1 amide bonds. The van der Waals surface area contributed by atoms with Gasteiger partial charge in [-0.2, -0.15) is 0 Å². The Morgan fingerprint density at radius 1 is 1.04 bits per heavy atom. The molecule has 0 unspecified atom stereocenters. The number of benzene rings is 2. The Balaban J connectivity index is 1.47. The highest BCUT2D eigenvalue weighted by molar-refractivity contribution is 7.15. The van der Waals surface area contributed by atoms with E-state index < -0.39 is 0 Å². The van der Waals surface area contributed by atoms with Crippen LogP contribution in [0.25, 0.3) is 10.9 Å². The van der Waals surface area contributed by atoms with Gasteiger partial charge < -0.3 is 0 Å². The quantitative estimate of drug-likeness (QED) is 0.531. The minimum atomic E-state index is -0.261. The highest BCUT2D eigenvalue weighted by Crippen LogP contribution is 2.22. The van der Waals surface area contributed by atoms with Gasteiger partial charge in [-0.25, -0.2) is 9.97 Å². The minimum Gasteiger partial charge on any atom is -0.296 e. The van der Waals surface area contributed by atoms with Crippen molar-refractivity contribution in [2.75, 3.05) is 5.32 Å². The molecule has 2 aromatic carbocycles. The van der Waals surface area contributed by atoms with Gasteiger partial charge in [-0.15, -0.1) is 11.3 Å². The topological polar surface area (TPSA) is 54.9 Å². The third kappa shape index (κ3) is 3.74. The van der Waals surface area contributed by atoms with E-state index in [1.165, 1.54) is 11.3 Å². The SMILES string of the molecule is O=C(Nc1ncc(Cc2ccc(Cl)cc2)s1)c1ccc2ccccc2n1. The van der Waals surface area contributed by atoms with E-state index in [2.05, 4.69) is 15.3 Å². The first-order valence-corrected chi connectivity index (χ1v) is 9.23. The van der Waals surface area contributed by atoms with E-state index in [1.807, 2.05) is 54.6 Å². The lowest BCUT2D eigenvalue weighted by Gasteiger charge is -2.03. The van der Waals surface area contributed by atoms with Gasteiger partial charge in [0, 0.05) is 27.9 Å². The molecule has 4 rings (SSSR count). The molecule has 0 aliphatic heterocycles. The predicted molar refractivity (Wildman–Crippen MR) is 106 cm³/mol. The van der Waals surface area contributed by atoms with Crippen LogP contribution in [-0.2, 0) is 6.42 Å². The first-order chi connectivity index (χ1) is 12.7. The van der Waals surface area contributed by atoms with Crippen molar-refractivity contribution in [2.45, 2.75) is 6.42 Å². The maximum Gasteiger partial charge on any atom is 0.276 e. The number of pyridine rings is 1. The van der Waals surface area contributed by atoms with Crippen LogP contribution in [0.5, 0.6) is 0 Å². The molecule has 0 fully saturated rings. The van der Waals surface area contributed by atoms with Gasteiger partial charge in [0.1, 0.15) is 5.69 Å². The van der Waals surface area contributed by atoms with E-state index in [-0.39, 0.29) is 5.91 Å². The summed E-state index contributed by atoms with van der Waals surface area (Å²) in [6, 6.07) is 19.0. The van der Waals surface area contributed by atoms with Crippen molar-refractivity contribution >= 4 is 44.9 Å². The number of halogens is 1. The Kier molecular flexibility index (Phi) is 4.65. The van der Waals surface area contributed by atoms with Crippen LogP contribution in [0.1, 0.15) is 20.9 Å². The van der Waals surface area contributed by atoms with Gasteiger partial charge in [0.15, 0.2) is 5.13 Å². The number of fused-ring (bicyclic) bond motifs is 1. The van der Waals surface area contributed by atoms with Crippen LogP contribution in [0.3, 0.4) is 0 Å². The highest BCUT2D eigenvalue weighted by Gasteiger charge is 2.11. The number of aromatic nitrogens is 2. The normalized spacial score (nSPS) is 10.8. The molecule has 6 heteroatoms. The van der Waals surface area contributed by atoms with Crippen molar-refractivity contribution < 1.29 is 4.79 Å². The number of carbonyl (C=O) groups is 1. The first-order valence-electron chi connectivity index (χ1n) is 8.04. The predicted octanol–water partition coefficient (Wildman–Crippen LogP) is 5.19. The Morgan fingerprint density at radius 2 is 1.85 bits per heavy atom. The van der Waals surface area contributed by atoms with E-state index in [1.54, 1.807) is 12.3 Å². The molecule has 26 heavy (non-hydrogen) atoms. The smallest absolute Gasteiger partial charge is 0.276 e. The van der Waals surface area contributed by atoms with Crippen LogP contribution in [-0.4, -0.2) is 15.9 Å². The van der Waals surface area contributed by atoms with Crippen LogP contribution in [0.2, 0.25) is 5.02 Å². The summed E-state index contributed by atoms with van der Waals surface area (Å²) in [6.45, 7) is 0. The summed E-state index contributed by atoms with van der Waals surface area (Å²) in [7, 11) is 0. The number of anilines is 1. The molecule has 2 heterocycles. The van der Waals surface area contributed by atoms with E-state index in [4.69, 9.17) is 11.6 Å². The van der Waals surface area contributed by atoms with Crippen molar-refractivity contribution in [3.05, 3.63) is 88.0 Å². The Hall–Kier alpha value is -2.76. The molecule has 1 N–H and O–H groups in total. The number of hydrogen-bond donors (Lipinski definition) is 1. The number of nitrogens with zero attached hydrogens (tertiary/aromatic N) is 2. The summed E-state index contributed by atoms with van der Waals surface area (Å²) in [6.07, 6.45) is 2.53. The fourth-order valence-corrected chi connectivity index (χ4v) is 3.57. The third-order valence-electron chi connectivity index (χ3n) is 3.90. The number of nitrogens with one attached hydrogen (secondary N) is 1. The summed E-state index contributed by atoms with van der Waals surface area (Å²) < 4.78 is 0. The zero-order valence-corrected chi connectivity index (χ0v) is 15.2. The fourth-order valence-electron chi connectivity index (χ4n) is 2.60. The van der Waals surface area contributed by atoms with E-state index >= 15 is 0 Å². The summed E-state index contributed by atoms with van der Waals surface area (Å²) in [5, 5.41) is 5.11. The van der Waals surface area contributed by atoms with Gasteiger partial charge >= 0.3 is 0 Å². The standard InChI is InChI=1S/C20H14ClN3OS/c21-15-8-5-13(6-9-15)11-16-12-22-20(26-16)24-19(25)18-10-7-14-3-1-2-4-17(14)23-18/h1-10,12H,11H2,(H,22,24,25). The summed E-state index contributed by atoms with van der Waals surface area (Å²) in [5.74, 6) is -0.261. The molecular weight excluding hydrogens is 366 g/mol. The van der Waals surface area contributed by atoms with E-state index in [9.17, 15) is 4.79 Å². The Labute approximate surface area is 159 Å². The molecule has 0 saturated heterocycles. The average molecular weight is 380 g/mol. The molecule has 4 nitrogen and oxygen atoms in total. The van der Waals surface area contributed by atoms with Gasteiger partial charge in [-0.1, -0.05) is 48.0 Å². The molecule has 0 aliphatic rings. The fraction of sp³-hybridized carbons (Fsp3) is 0.0500. The van der Waals surface area contributed by atoms with Gasteiger partial charge in [-0.05, 0) is 29.8 Å².